The smallest absolute Gasteiger partial charge is 0.421 e. The Bertz CT molecular complexity index is 953. The quantitative estimate of drug-likeness (QED) is 0.692. The van der Waals surface area contributed by atoms with Crippen LogP contribution in [0.1, 0.15) is 24.4 Å². The second-order valence-corrected chi connectivity index (χ2v) is 7.97. The lowest BCUT2D eigenvalue weighted by atomic mass is 10.1. The first-order valence-corrected chi connectivity index (χ1v) is 9.68. The van der Waals surface area contributed by atoms with E-state index in [4.69, 9.17) is 16.3 Å². The fourth-order valence-electron chi connectivity index (χ4n) is 3.60. The molecule has 2 aromatic heterocycles. The molecule has 12 heteroatoms. The highest BCUT2D eigenvalue weighted by atomic mass is 35.5. The molecule has 1 saturated heterocycles. The van der Waals surface area contributed by atoms with Crippen molar-refractivity contribution in [2.24, 2.45) is 11.8 Å². The molecule has 7 nitrogen and oxygen atoms in total. The minimum absolute atomic E-state index is 0.0621. The van der Waals surface area contributed by atoms with Crippen molar-refractivity contribution in [3.8, 4) is 0 Å². The van der Waals surface area contributed by atoms with Gasteiger partial charge in [0.15, 0.2) is 5.15 Å². The molecule has 0 radical (unpaired) electrons. The number of esters is 1. The second-order valence-electron chi connectivity index (χ2n) is 6.61. The first-order valence-electron chi connectivity index (χ1n) is 8.48. The second kappa shape index (κ2) is 6.45. The molecular weight excluding hydrogens is 419 g/mol. The van der Waals surface area contributed by atoms with Crippen LogP contribution in [0.5, 0.6) is 0 Å². The summed E-state index contributed by atoms with van der Waals surface area (Å²) in [6.07, 6.45) is -3.88. The van der Waals surface area contributed by atoms with E-state index in [1.165, 1.54) is 0 Å². The molecule has 2 fully saturated rings. The summed E-state index contributed by atoms with van der Waals surface area (Å²) in [6, 6.07) is 0. The summed E-state index contributed by atoms with van der Waals surface area (Å²) < 4.78 is 44.4. The lowest BCUT2D eigenvalue weighted by Crippen LogP contribution is -2.21. The van der Waals surface area contributed by atoms with Gasteiger partial charge in [-0.25, -0.2) is 9.97 Å². The maximum absolute atomic E-state index is 13.1. The minimum Gasteiger partial charge on any atom is -0.465 e. The highest BCUT2D eigenvalue weighted by molar-refractivity contribution is 7.16. The highest BCUT2D eigenvalue weighted by Crippen LogP contribution is 2.65. The fraction of sp³-hybridized carbons (Fsp3) is 0.500. The summed E-state index contributed by atoms with van der Waals surface area (Å²) >= 11 is 7.34. The molecule has 28 heavy (non-hydrogen) atoms. The number of aromatic nitrogens is 3. The topological polar surface area (TPSA) is 89.0 Å². The van der Waals surface area contributed by atoms with Crippen LogP contribution >= 0.6 is 22.9 Å². The Morgan fingerprint density at radius 3 is 2.79 bits per heavy atom. The van der Waals surface area contributed by atoms with Gasteiger partial charge >= 0.3 is 12.1 Å². The number of thiazole rings is 1. The predicted octanol–water partition coefficient (Wildman–Crippen LogP) is 3.84. The van der Waals surface area contributed by atoms with Crippen molar-refractivity contribution in [1.82, 2.24) is 15.0 Å². The zero-order chi connectivity index (χ0) is 20.3. The lowest BCUT2D eigenvalue weighted by Gasteiger charge is -2.13. The van der Waals surface area contributed by atoms with Crippen LogP contribution in [0, 0.1) is 11.8 Å². The molecule has 1 aliphatic heterocycles. The maximum atomic E-state index is 13.1. The Kier molecular flexibility index (Phi) is 4.42. The molecule has 3 heterocycles. The summed E-state index contributed by atoms with van der Waals surface area (Å²) in [6.45, 7) is 4.23. The highest BCUT2D eigenvalue weighted by Gasteiger charge is 2.75. The third-order valence-corrected chi connectivity index (χ3v) is 6.64. The number of anilines is 3. The minimum atomic E-state index is -4.58. The molecule has 0 unspecified atom stereocenters. The third kappa shape index (κ3) is 2.79. The van der Waals surface area contributed by atoms with Gasteiger partial charge in [-0.3, -0.25) is 4.79 Å². The van der Waals surface area contributed by atoms with E-state index in [0.717, 1.165) is 11.3 Å². The predicted molar refractivity (Wildman–Crippen MR) is 96.9 cm³/mol. The number of fused-ring (bicyclic) bond motifs is 1. The van der Waals surface area contributed by atoms with Crippen molar-refractivity contribution in [3.63, 3.8) is 0 Å². The van der Waals surface area contributed by atoms with Crippen LogP contribution in [0.15, 0.2) is 6.20 Å². The van der Waals surface area contributed by atoms with Crippen molar-refractivity contribution >= 4 is 45.7 Å². The Morgan fingerprint density at radius 1 is 1.43 bits per heavy atom. The van der Waals surface area contributed by atoms with E-state index in [2.05, 4.69) is 25.6 Å². The Morgan fingerprint density at radius 2 is 2.18 bits per heavy atom. The molecule has 0 spiro atoms. The van der Waals surface area contributed by atoms with Crippen LogP contribution < -0.4 is 10.6 Å². The van der Waals surface area contributed by atoms with Gasteiger partial charge in [0.05, 0.1) is 6.61 Å². The number of nitrogens with one attached hydrogen (secondary N) is 2. The Hall–Kier alpha value is -2.14. The van der Waals surface area contributed by atoms with Crippen LogP contribution in [0.4, 0.5) is 29.9 Å². The van der Waals surface area contributed by atoms with Gasteiger partial charge in [0.1, 0.15) is 26.8 Å². The zero-order valence-corrected chi connectivity index (χ0v) is 16.3. The molecule has 3 atom stereocenters. The summed E-state index contributed by atoms with van der Waals surface area (Å²) in [7, 11) is 0. The maximum Gasteiger partial charge on any atom is 0.421 e. The number of carbonyl (C=O) groups excluding carboxylic acids is 1. The Labute approximate surface area is 166 Å². The number of ether oxygens (including phenoxy) is 1. The van der Waals surface area contributed by atoms with Gasteiger partial charge < -0.3 is 15.4 Å². The van der Waals surface area contributed by atoms with Crippen LogP contribution in [-0.2, 0) is 21.1 Å². The Balaban J connectivity index is 1.63. The van der Waals surface area contributed by atoms with Crippen molar-refractivity contribution in [2.45, 2.75) is 25.4 Å². The van der Waals surface area contributed by atoms with Crippen molar-refractivity contribution in [2.75, 3.05) is 23.8 Å². The van der Waals surface area contributed by atoms with Crippen molar-refractivity contribution in [3.05, 3.63) is 21.9 Å². The fourth-order valence-corrected chi connectivity index (χ4v) is 5.09. The number of alkyl halides is 3. The average molecular weight is 434 g/mol. The monoisotopic (exact) mass is 433 g/mol. The van der Waals surface area contributed by atoms with E-state index < -0.39 is 17.2 Å². The summed E-state index contributed by atoms with van der Waals surface area (Å²) in [4.78, 5) is 24.1. The van der Waals surface area contributed by atoms with Crippen LogP contribution in [0.3, 0.4) is 0 Å². The van der Waals surface area contributed by atoms with Crippen molar-refractivity contribution in [1.29, 1.82) is 0 Å². The molecule has 2 aromatic rings. The number of hydrogen-bond acceptors (Lipinski definition) is 8. The number of cyclic esters (lactones) is 1. The third-order valence-electron chi connectivity index (χ3n) is 5.13. The van der Waals surface area contributed by atoms with Gasteiger partial charge in [-0.2, -0.15) is 18.2 Å². The first-order chi connectivity index (χ1) is 13.2. The first kappa shape index (κ1) is 19.2. The van der Waals surface area contributed by atoms with Crippen LogP contribution in [0.2, 0.25) is 5.15 Å². The van der Waals surface area contributed by atoms with Gasteiger partial charge in [0.2, 0.25) is 5.95 Å². The molecule has 0 aromatic carbocycles. The standard InChI is InChI=1S/C16H15ClF3N5O2S/c1-3-21-10-7(16(18,19)20)4-22-14(24-10)25-11-9(17)23-12(28-11)15-6(2)8(15)5-27-13(15)26/h4,6,8H,3,5H2,1-2H3,(H2,21,22,24,25)/t6-,8+,15-/m1/s1. The zero-order valence-electron chi connectivity index (χ0n) is 14.7. The van der Waals surface area contributed by atoms with E-state index in [9.17, 15) is 18.0 Å². The molecular formula is C16H15ClF3N5O2S. The van der Waals surface area contributed by atoms with Gasteiger partial charge in [-0.15, -0.1) is 0 Å². The van der Waals surface area contributed by atoms with Gasteiger partial charge in [-0.1, -0.05) is 29.9 Å². The SMILES string of the molecule is CCNc1nc(Nc2sc([C@]34C(=O)OC[C@H]3[C@H]4C)nc2Cl)ncc1C(F)(F)F. The number of halogens is 4. The molecule has 0 bridgehead atoms. The van der Waals surface area contributed by atoms with Gasteiger partial charge in [-0.05, 0) is 12.8 Å². The number of nitrogens with zero attached hydrogens (tertiary/aromatic N) is 3. The van der Waals surface area contributed by atoms with E-state index >= 15 is 0 Å². The normalized spacial score (nSPS) is 26.0. The van der Waals surface area contributed by atoms with Crippen LogP contribution in [-0.4, -0.2) is 34.1 Å². The average Bonchev–Trinajstić information content (AvgIpc) is 2.86. The van der Waals surface area contributed by atoms with Gasteiger partial charge in [0, 0.05) is 18.7 Å². The molecule has 4 rings (SSSR count). The lowest BCUT2D eigenvalue weighted by molar-refractivity contribution is -0.143. The van der Waals surface area contributed by atoms with E-state index in [1.54, 1.807) is 6.92 Å². The molecule has 150 valence electrons. The molecule has 0 amide bonds. The van der Waals surface area contributed by atoms with E-state index in [-0.39, 0.29) is 41.3 Å². The van der Waals surface area contributed by atoms with E-state index in [1.807, 2.05) is 6.92 Å². The van der Waals surface area contributed by atoms with Crippen LogP contribution in [0.25, 0.3) is 0 Å². The largest absolute Gasteiger partial charge is 0.465 e. The number of carbonyl (C=O) groups is 1. The molecule has 1 aliphatic carbocycles. The summed E-state index contributed by atoms with van der Waals surface area (Å²) in [5, 5.41) is 6.36. The molecule has 2 aliphatic rings. The van der Waals surface area contributed by atoms with E-state index in [0.29, 0.717) is 22.8 Å². The van der Waals surface area contributed by atoms with Gasteiger partial charge in [0.25, 0.3) is 0 Å². The molecule has 1 saturated carbocycles. The summed E-state index contributed by atoms with van der Waals surface area (Å²) in [5.74, 6) is -0.540. The molecule has 2 N–H and O–H groups in total. The summed E-state index contributed by atoms with van der Waals surface area (Å²) in [5.41, 5.74) is -1.73. The number of rotatable bonds is 5. The number of hydrogen-bond donors (Lipinski definition) is 2. The van der Waals surface area contributed by atoms with Crippen molar-refractivity contribution < 1.29 is 22.7 Å².